The summed E-state index contributed by atoms with van der Waals surface area (Å²) in [6.45, 7) is 0. The van der Waals surface area contributed by atoms with E-state index < -0.39 is 6.17 Å². The van der Waals surface area contributed by atoms with Crippen molar-refractivity contribution >= 4 is 18.2 Å². The number of halogens is 1. The van der Waals surface area contributed by atoms with E-state index in [-0.39, 0.29) is 15.8 Å². The van der Waals surface area contributed by atoms with Gasteiger partial charge in [0, 0.05) is 10.3 Å². The van der Waals surface area contributed by atoms with E-state index >= 15 is 0 Å². The average molecular weight is 284 g/mol. The van der Waals surface area contributed by atoms with Gasteiger partial charge in [-0.1, -0.05) is 0 Å². The maximum atomic E-state index is 13.7. The molecule has 0 spiro atoms. The largest absolute Gasteiger partial charge is 0.334 e. The van der Waals surface area contributed by atoms with Gasteiger partial charge < -0.3 is 5.32 Å². The summed E-state index contributed by atoms with van der Waals surface area (Å²) in [6.07, 6.45) is 7.55. The van der Waals surface area contributed by atoms with Crippen LogP contribution in [0.1, 0.15) is 44.9 Å². The quantitative estimate of drug-likeness (QED) is 0.764. The first kappa shape index (κ1) is 12.5. The van der Waals surface area contributed by atoms with Crippen molar-refractivity contribution in [1.29, 1.82) is 0 Å². The number of nitrogens with one attached hydrogen (secondary N) is 2. The van der Waals surface area contributed by atoms with Crippen LogP contribution in [-0.2, 0) is 4.79 Å². The molecule has 1 saturated heterocycles. The number of alkyl halides is 1. The number of carbonyl (C=O) groups excluding carboxylic acids is 1. The normalized spacial score (nSPS) is 55.4. The lowest BCUT2D eigenvalue weighted by Gasteiger charge is -2.64. The molecule has 1 aliphatic heterocycles. The first-order chi connectivity index (χ1) is 9.19. The SMILES string of the molecule is O=CNC1NC23CCC4CC(F)CCC4C2(CC3)S1. The Morgan fingerprint density at radius 1 is 1.26 bits per heavy atom. The molecule has 0 aromatic heterocycles. The second kappa shape index (κ2) is 4.10. The van der Waals surface area contributed by atoms with Crippen LogP contribution in [0.5, 0.6) is 0 Å². The number of hydrogen-bond donors (Lipinski definition) is 2. The molecule has 6 unspecified atom stereocenters. The van der Waals surface area contributed by atoms with Crippen LogP contribution in [0.3, 0.4) is 0 Å². The second-order valence-corrected chi connectivity index (χ2v) is 8.15. The molecule has 4 fully saturated rings. The van der Waals surface area contributed by atoms with Crippen LogP contribution in [0.25, 0.3) is 0 Å². The fraction of sp³-hybridized carbons (Fsp3) is 0.929. The fourth-order valence-electron chi connectivity index (χ4n) is 5.28. The van der Waals surface area contributed by atoms with Gasteiger partial charge >= 0.3 is 0 Å². The first-order valence-electron chi connectivity index (χ1n) is 7.48. The van der Waals surface area contributed by atoms with Gasteiger partial charge in [0.25, 0.3) is 0 Å². The third kappa shape index (κ3) is 1.52. The summed E-state index contributed by atoms with van der Waals surface area (Å²) in [7, 11) is 0. The fourth-order valence-corrected chi connectivity index (χ4v) is 7.30. The standard InChI is InChI=1S/C14H21FN2OS/c15-10-1-2-11-9(7-10)3-4-13-5-6-14(11,13)19-12(17-13)16-8-18/h8-12,17H,1-7H2,(H,16,18). The van der Waals surface area contributed by atoms with E-state index in [1.165, 1.54) is 12.8 Å². The molecule has 106 valence electrons. The van der Waals surface area contributed by atoms with Crippen molar-refractivity contribution in [2.75, 3.05) is 0 Å². The van der Waals surface area contributed by atoms with E-state index in [0.717, 1.165) is 38.5 Å². The van der Waals surface area contributed by atoms with Crippen molar-refractivity contribution in [3.05, 3.63) is 0 Å². The average Bonchev–Trinajstić information content (AvgIpc) is 2.61. The molecule has 3 aliphatic carbocycles. The topological polar surface area (TPSA) is 41.1 Å². The number of carbonyl (C=O) groups is 1. The number of amides is 1. The molecule has 0 aromatic carbocycles. The van der Waals surface area contributed by atoms with Gasteiger partial charge in [-0.15, -0.1) is 11.8 Å². The first-order valence-corrected chi connectivity index (χ1v) is 8.36. The molecule has 0 aromatic rings. The zero-order valence-corrected chi connectivity index (χ0v) is 11.8. The van der Waals surface area contributed by atoms with Gasteiger partial charge in [0.2, 0.25) is 6.41 Å². The number of thioether (sulfide) groups is 1. The second-order valence-electron chi connectivity index (χ2n) is 6.71. The lowest BCUT2D eigenvalue weighted by Crippen LogP contribution is -2.71. The molecule has 0 radical (unpaired) electrons. The highest BCUT2D eigenvalue weighted by Crippen LogP contribution is 2.69. The Labute approximate surface area is 117 Å². The van der Waals surface area contributed by atoms with E-state index in [4.69, 9.17) is 0 Å². The minimum absolute atomic E-state index is 0.0573. The van der Waals surface area contributed by atoms with Gasteiger partial charge in [0.1, 0.15) is 11.7 Å². The molecule has 1 amide bonds. The minimum atomic E-state index is -0.575. The molecular weight excluding hydrogens is 263 g/mol. The van der Waals surface area contributed by atoms with Crippen molar-refractivity contribution < 1.29 is 9.18 Å². The maximum absolute atomic E-state index is 13.7. The Bertz CT molecular complexity index is 409. The minimum Gasteiger partial charge on any atom is -0.334 e. The van der Waals surface area contributed by atoms with Crippen molar-refractivity contribution in [2.24, 2.45) is 11.8 Å². The van der Waals surface area contributed by atoms with Crippen LogP contribution in [0, 0.1) is 11.8 Å². The molecule has 19 heavy (non-hydrogen) atoms. The van der Waals surface area contributed by atoms with Crippen LogP contribution in [0.4, 0.5) is 4.39 Å². The molecule has 6 atom stereocenters. The molecule has 4 aliphatic rings. The summed E-state index contributed by atoms with van der Waals surface area (Å²) in [5.41, 5.74) is 0.282. The summed E-state index contributed by atoms with van der Waals surface area (Å²) >= 11 is 1.92. The van der Waals surface area contributed by atoms with Crippen molar-refractivity contribution in [2.45, 2.75) is 66.9 Å². The predicted octanol–water partition coefficient (Wildman–Crippen LogP) is 2.17. The Kier molecular flexibility index (Phi) is 2.69. The van der Waals surface area contributed by atoms with Crippen LogP contribution in [0.2, 0.25) is 0 Å². The summed E-state index contributed by atoms with van der Waals surface area (Å²) in [4.78, 5) is 10.7. The van der Waals surface area contributed by atoms with Crippen LogP contribution < -0.4 is 10.6 Å². The van der Waals surface area contributed by atoms with Gasteiger partial charge in [-0.3, -0.25) is 10.1 Å². The van der Waals surface area contributed by atoms with Crippen LogP contribution in [-0.4, -0.2) is 28.4 Å². The smallest absolute Gasteiger partial charge is 0.208 e. The molecule has 0 bridgehead atoms. The summed E-state index contributed by atoms with van der Waals surface area (Å²) in [5.74, 6) is 1.22. The van der Waals surface area contributed by atoms with Crippen molar-refractivity contribution in [1.82, 2.24) is 10.6 Å². The number of rotatable bonds is 2. The van der Waals surface area contributed by atoms with Crippen LogP contribution in [0.15, 0.2) is 0 Å². The maximum Gasteiger partial charge on any atom is 0.208 e. The Morgan fingerprint density at radius 3 is 2.89 bits per heavy atom. The molecule has 2 N–H and O–H groups in total. The Balaban J connectivity index is 1.62. The highest BCUT2D eigenvalue weighted by atomic mass is 32.2. The third-order valence-electron chi connectivity index (χ3n) is 6.15. The highest BCUT2D eigenvalue weighted by molar-refractivity contribution is 8.01. The van der Waals surface area contributed by atoms with Crippen molar-refractivity contribution in [3.8, 4) is 0 Å². The number of fused-ring (bicyclic) bond motifs is 1. The zero-order chi connectivity index (χ0) is 13.1. The molecule has 4 rings (SSSR count). The summed E-state index contributed by atoms with van der Waals surface area (Å²) in [5, 5.41) is 6.56. The third-order valence-corrected chi connectivity index (χ3v) is 7.96. The molecular formula is C14H21FN2OS. The molecule has 3 saturated carbocycles. The monoisotopic (exact) mass is 284 g/mol. The predicted molar refractivity (Wildman–Crippen MR) is 73.4 cm³/mol. The van der Waals surface area contributed by atoms with Gasteiger partial charge in [-0.05, 0) is 56.8 Å². The lowest BCUT2D eigenvalue weighted by molar-refractivity contribution is -0.110. The van der Waals surface area contributed by atoms with Gasteiger partial charge in [-0.2, -0.15) is 0 Å². The van der Waals surface area contributed by atoms with Crippen molar-refractivity contribution in [3.63, 3.8) is 0 Å². The molecule has 1 heterocycles. The van der Waals surface area contributed by atoms with E-state index in [1.54, 1.807) is 0 Å². The van der Waals surface area contributed by atoms with Gasteiger partial charge in [-0.25, -0.2) is 4.39 Å². The number of hydrogen-bond acceptors (Lipinski definition) is 3. The van der Waals surface area contributed by atoms with E-state index in [0.29, 0.717) is 11.8 Å². The Morgan fingerprint density at radius 2 is 2.16 bits per heavy atom. The van der Waals surface area contributed by atoms with E-state index in [2.05, 4.69) is 10.6 Å². The summed E-state index contributed by atoms with van der Waals surface area (Å²) in [6, 6.07) is 0. The summed E-state index contributed by atoms with van der Waals surface area (Å²) < 4.78 is 13.9. The lowest BCUT2D eigenvalue weighted by atomic mass is 9.49. The molecule has 5 heteroatoms. The highest BCUT2D eigenvalue weighted by Gasteiger charge is 2.70. The molecule has 3 nitrogen and oxygen atoms in total. The van der Waals surface area contributed by atoms with Gasteiger partial charge in [0.05, 0.1) is 0 Å². The van der Waals surface area contributed by atoms with Gasteiger partial charge in [0.15, 0.2) is 0 Å². The van der Waals surface area contributed by atoms with E-state index in [1.807, 2.05) is 11.8 Å². The van der Waals surface area contributed by atoms with E-state index in [9.17, 15) is 9.18 Å². The Hall–Kier alpha value is -0.290. The zero-order valence-electron chi connectivity index (χ0n) is 11.0. The van der Waals surface area contributed by atoms with Crippen LogP contribution >= 0.6 is 11.8 Å².